The van der Waals surface area contributed by atoms with Gasteiger partial charge in [-0.25, -0.2) is 0 Å². The van der Waals surface area contributed by atoms with E-state index < -0.39 is 0 Å². The van der Waals surface area contributed by atoms with Gasteiger partial charge in [-0.2, -0.15) is 0 Å². The number of carbonyl (C=O) groups is 1. The summed E-state index contributed by atoms with van der Waals surface area (Å²) in [5, 5.41) is 12.2. The summed E-state index contributed by atoms with van der Waals surface area (Å²) >= 11 is 0. The fourth-order valence-corrected chi connectivity index (χ4v) is 1.76. The van der Waals surface area contributed by atoms with Crippen molar-refractivity contribution in [3.8, 4) is 0 Å². The first-order chi connectivity index (χ1) is 5.77. The van der Waals surface area contributed by atoms with Crippen molar-refractivity contribution in [2.45, 2.75) is 25.4 Å². The lowest BCUT2D eigenvalue weighted by Gasteiger charge is -2.38. The molecule has 4 nitrogen and oxygen atoms in total. The Balaban J connectivity index is 2.19. The lowest BCUT2D eigenvalue weighted by Crippen LogP contribution is -2.53. The molecule has 1 unspecified atom stereocenters. The molecule has 0 aromatic heterocycles. The number of carbonyl (C=O) groups excluding carboxylic acids is 1. The number of hydrogen-bond donors (Lipinski definition) is 2. The maximum atomic E-state index is 11.0. The highest BCUT2D eigenvalue weighted by Gasteiger charge is 2.28. The molecule has 1 fully saturated rings. The van der Waals surface area contributed by atoms with Crippen LogP contribution < -0.4 is 5.32 Å². The maximum absolute atomic E-state index is 11.0. The number of aliphatic hydroxyl groups excluding tert-OH is 1. The van der Waals surface area contributed by atoms with Gasteiger partial charge in [-0.3, -0.25) is 4.79 Å². The van der Waals surface area contributed by atoms with E-state index in [0.717, 1.165) is 25.8 Å². The minimum Gasteiger partial charge on any atom is -0.494 e. The summed E-state index contributed by atoms with van der Waals surface area (Å²) < 4.78 is 0. The van der Waals surface area contributed by atoms with Crippen molar-refractivity contribution < 1.29 is 9.90 Å². The van der Waals surface area contributed by atoms with E-state index in [0.29, 0.717) is 0 Å². The summed E-state index contributed by atoms with van der Waals surface area (Å²) in [6, 6.07) is 0. The Morgan fingerprint density at radius 2 is 2.42 bits per heavy atom. The number of aliphatic hydroxyl groups is 1. The van der Waals surface area contributed by atoms with Crippen molar-refractivity contribution in [2.24, 2.45) is 0 Å². The minimum absolute atomic E-state index is 0.0243. The molecule has 1 saturated heterocycles. The predicted molar refractivity (Wildman–Crippen MR) is 43.2 cm³/mol. The van der Waals surface area contributed by atoms with E-state index in [2.05, 4.69) is 5.32 Å². The third-order valence-corrected chi connectivity index (χ3v) is 2.37. The van der Waals surface area contributed by atoms with Gasteiger partial charge in [-0.1, -0.05) is 0 Å². The van der Waals surface area contributed by atoms with Crippen LogP contribution in [0.25, 0.3) is 0 Å². The van der Waals surface area contributed by atoms with E-state index >= 15 is 0 Å². The molecule has 0 spiro atoms. The Morgan fingerprint density at radius 3 is 3.25 bits per heavy atom. The van der Waals surface area contributed by atoms with Crippen molar-refractivity contribution in [3.05, 3.63) is 12.0 Å². The number of hydrogen-bond acceptors (Lipinski definition) is 3. The van der Waals surface area contributed by atoms with E-state index in [1.807, 2.05) is 4.90 Å². The fourth-order valence-electron chi connectivity index (χ4n) is 1.76. The van der Waals surface area contributed by atoms with E-state index in [-0.39, 0.29) is 18.0 Å². The number of nitrogens with zero attached hydrogens (tertiary/aromatic N) is 1. The summed E-state index contributed by atoms with van der Waals surface area (Å²) in [5.41, 5.74) is 0. The van der Waals surface area contributed by atoms with Gasteiger partial charge >= 0.3 is 0 Å². The standard InChI is InChI=1S/C8H12N2O2/c11-7-5-8(12)10-4-2-1-3-6(10)9-7/h5-6,12H,1-4H2,(H,9,11). The first-order valence-corrected chi connectivity index (χ1v) is 4.25. The largest absolute Gasteiger partial charge is 0.494 e. The van der Waals surface area contributed by atoms with Gasteiger partial charge in [0.1, 0.15) is 6.17 Å². The Bertz CT molecular complexity index is 237. The summed E-state index contributed by atoms with van der Waals surface area (Å²) in [6.07, 6.45) is 4.40. The van der Waals surface area contributed by atoms with E-state index in [9.17, 15) is 9.90 Å². The average molecular weight is 168 g/mol. The molecule has 2 aliphatic heterocycles. The van der Waals surface area contributed by atoms with E-state index in [1.165, 1.54) is 6.08 Å². The van der Waals surface area contributed by atoms with Crippen LogP contribution >= 0.6 is 0 Å². The smallest absolute Gasteiger partial charge is 0.250 e. The van der Waals surface area contributed by atoms with Crippen LogP contribution in [-0.4, -0.2) is 28.6 Å². The molecule has 2 N–H and O–H groups in total. The van der Waals surface area contributed by atoms with Gasteiger partial charge in [0.2, 0.25) is 0 Å². The van der Waals surface area contributed by atoms with E-state index in [1.54, 1.807) is 0 Å². The monoisotopic (exact) mass is 168 g/mol. The van der Waals surface area contributed by atoms with Crippen molar-refractivity contribution in [3.63, 3.8) is 0 Å². The van der Waals surface area contributed by atoms with Gasteiger partial charge < -0.3 is 15.3 Å². The summed E-state index contributed by atoms with van der Waals surface area (Å²) in [6.45, 7) is 0.841. The third-order valence-electron chi connectivity index (χ3n) is 2.37. The van der Waals surface area contributed by atoms with Crippen molar-refractivity contribution in [2.75, 3.05) is 6.54 Å². The second-order valence-electron chi connectivity index (χ2n) is 3.22. The fraction of sp³-hybridized carbons (Fsp3) is 0.625. The molecule has 1 amide bonds. The molecule has 0 radical (unpaired) electrons. The second-order valence-corrected chi connectivity index (χ2v) is 3.22. The van der Waals surface area contributed by atoms with Crippen molar-refractivity contribution >= 4 is 5.91 Å². The molecule has 2 aliphatic rings. The minimum atomic E-state index is -0.185. The molecule has 1 atom stereocenters. The van der Waals surface area contributed by atoms with Crippen LogP contribution in [0.1, 0.15) is 19.3 Å². The third kappa shape index (κ3) is 1.13. The molecule has 2 rings (SSSR count). The Labute approximate surface area is 70.9 Å². The molecule has 4 heteroatoms. The molecule has 0 aliphatic carbocycles. The molecule has 0 aromatic carbocycles. The zero-order chi connectivity index (χ0) is 8.55. The molecular weight excluding hydrogens is 156 g/mol. The molecule has 12 heavy (non-hydrogen) atoms. The SMILES string of the molecule is O=C1C=C(O)N2CCCCC2N1. The van der Waals surface area contributed by atoms with Crippen LogP contribution in [0, 0.1) is 0 Å². The van der Waals surface area contributed by atoms with Gasteiger partial charge in [0.05, 0.1) is 6.08 Å². The highest BCUT2D eigenvalue weighted by atomic mass is 16.3. The van der Waals surface area contributed by atoms with E-state index in [4.69, 9.17) is 0 Å². The number of rotatable bonds is 0. The highest BCUT2D eigenvalue weighted by Crippen LogP contribution is 2.20. The molecular formula is C8H12N2O2. The first-order valence-electron chi connectivity index (χ1n) is 4.25. The molecule has 0 bridgehead atoms. The average Bonchev–Trinajstić information content (AvgIpc) is 2.04. The predicted octanol–water partition coefficient (Wildman–Crippen LogP) is 0.328. The zero-order valence-corrected chi connectivity index (χ0v) is 6.79. The van der Waals surface area contributed by atoms with Crippen LogP contribution in [0.5, 0.6) is 0 Å². The Morgan fingerprint density at radius 1 is 1.58 bits per heavy atom. The summed E-state index contributed by atoms with van der Waals surface area (Å²) in [5.74, 6) is -0.0703. The molecule has 0 saturated carbocycles. The summed E-state index contributed by atoms with van der Waals surface area (Å²) in [4.78, 5) is 12.8. The van der Waals surface area contributed by atoms with Crippen molar-refractivity contribution in [1.82, 2.24) is 10.2 Å². The first kappa shape index (κ1) is 7.46. The topological polar surface area (TPSA) is 52.6 Å². The van der Waals surface area contributed by atoms with Gasteiger partial charge in [0, 0.05) is 6.54 Å². The molecule has 0 aromatic rings. The van der Waals surface area contributed by atoms with Crippen LogP contribution in [0.4, 0.5) is 0 Å². The van der Waals surface area contributed by atoms with Gasteiger partial charge in [-0.15, -0.1) is 0 Å². The number of fused-ring (bicyclic) bond motifs is 1. The second kappa shape index (κ2) is 2.69. The Hall–Kier alpha value is -1.19. The summed E-state index contributed by atoms with van der Waals surface area (Å²) in [7, 11) is 0. The Kier molecular flexibility index (Phi) is 1.67. The number of nitrogens with one attached hydrogen (secondary N) is 1. The van der Waals surface area contributed by atoms with Gasteiger partial charge in [0.25, 0.3) is 5.91 Å². The normalized spacial score (nSPS) is 29.0. The lowest BCUT2D eigenvalue weighted by atomic mass is 10.1. The number of amides is 1. The van der Waals surface area contributed by atoms with Crippen molar-refractivity contribution in [1.29, 1.82) is 0 Å². The number of piperidine rings is 1. The molecule has 66 valence electrons. The van der Waals surface area contributed by atoms with Crippen LogP contribution in [0.2, 0.25) is 0 Å². The quantitative estimate of drug-likeness (QED) is 0.548. The van der Waals surface area contributed by atoms with Gasteiger partial charge in [-0.05, 0) is 19.3 Å². The van der Waals surface area contributed by atoms with Gasteiger partial charge in [0.15, 0.2) is 5.88 Å². The lowest BCUT2D eigenvalue weighted by molar-refractivity contribution is -0.120. The van der Waals surface area contributed by atoms with Crippen LogP contribution in [0.3, 0.4) is 0 Å². The maximum Gasteiger partial charge on any atom is 0.250 e. The molecule has 2 heterocycles. The van der Waals surface area contributed by atoms with Crippen LogP contribution in [-0.2, 0) is 4.79 Å². The van der Waals surface area contributed by atoms with Crippen LogP contribution in [0.15, 0.2) is 12.0 Å². The highest BCUT2D eigenvalue weighted by molar-refractivity contribution is 5.88. The zero-order valence-electron chi connectivity index (χ0n) is 6.79.